The van der Waals surface area contributed by atoms with Crippen molar-refractivity contribution in [1.82, 2.24) is 0 Å². The second-order valence-corrected chi connectivity index (χ2v) is 6.47. The number of ether oxygens (including phenoxy) is 3. The molecular formula is C21H20O8. The summed E-state index contributed by atoms with van der Waals surface area (Å²) in [6, 6.07) is 7.42. The Hall–Kier alpha value is -3.68. The number of carbonyl (C=O) groups is 2. The van der Waals surface area contributed by atoms with Crippen LogP contribution in [0.1, 0.15) is 22.6 Å². The van der Waals surface area contributed by atoms with Crippen LogP contribution in [0.2, 0.25) is 0 Å². The molecule has 152 valence electrons. The van der Waals surface area contributed by atoms with Crippen LogP contribution in [0.3, 0.4) is 0 Å². The number of aliphatic carboxylic acids is 1. The van der Waals surface area contributed by atoms with Gasteiger partial charge >= 0.3 is 11.9 Å². The van der Waals surface area contributed by atoms with E-state index in [2.05, 4.69) is 0 Å². The number of hydrogen-bond donors (Lipinski definition) is 3. The van der Waals surface area contributed by atoms with Gasteiger partial charge in [-0.25, -0.2) is 4.79 Å². The number of methoxy groups -OCH3 is 3. The topological polar surface area (TPSA) is 123 Å². The van der Waals surface area contributed by atoms with Crippen LogP contribution in [0.15, 0.2) is 35.9 Å². The highest BCUT2D eigenvalue weighted by atomic mass is 16.5. The molecule has 0 aromatic heterocycles. The van der Waals surface area contributed by atoms with Crippen molar-refractivity contribution in [2.45, 2.75) is 5.92 Å². The number of aromatic hydroxyl groups is 2. The van der Waals surface area contributed by atoms with Gasteiger partial charge in [-0.15, -0.1) is 0 Å². The monoisotopic (exact) mass is 400 g/mol. The fourth-order valence-corrected chi connectivity index (χ4v) is 3.62. The summed E-state index contributed by atoms with van der Waals surface area (Å²) < 4.78 is 15.2. The van der Waals surface area contributed by atoms with Crippen LogP contribution >= 0.6 is 0 Å². The van der Waals surface area contributed by atoms with Crippen molar-refractivity contribution in [3.05, 3.63) is 52.6 Å². The Labute approximate surface area is 166 Å². The standard InChI is InChI=1S/C21H20O8/c1-27-16-7-10(4-5-14(16)22)18-12-9-15(23)17(28-2)8-11(12)6-13(20(24)25)19(18)21(26)29-3/h4-9,18-19,22-23H,1-3H3,(H,24,25)/t18-,19-/m0/s1. The summed E-state index contributed by atoms with van der Waals surface area (Å²) in [5.41, 5.74) is 1.34. The molecule has 0 fully saturated rings. The smallest absolute Gasteiger partial charge is 0.332 e. The van der Waals surface area contributed by atoms with Gasteiger partial charge in [0, 0.05) is 5.92 Å². The molecule has 29 heavy (non-hydrogen) atoms. The van der Waals surface area contributed by atoms with Crippen molar-refractivity contribution in [2.75, 3.05) is 21.3 Å². The van der Waals surface area contributed by atoms with Gasteiger partial charge in [0.1, 0.15) is 0 Å². The van der Waals surface area contributed by atoms with Crippen molar-refractivity contribution in [2.24, 2.45) is 5.92 Å². The molecule has 0 unspecified atom stereocenters. The van der Waals surface area contributed by atoms with Gasteiger partial charge in [0.05, 0.1) is 32.8 Å². The van der Waals surface area contributed by atoms with Crippen LogP contribution in [0, 0.1) is 5.92 Å². The number of rotatable bonds is 5. The highest BCUT2D eigenvalue weighted by Crippen LogP contribution is 2.47. The Morgan fingerprint density at radius 2 is 1.59 bits per heavy atom. The summed E-state index contributed by atoms with van der Waals surface area (Å²) in [7, 11) is 3.94. The molecule has 0 spiro atoms. The van der Waals surface area contributed by atoms with Crippen molar-refractivity contribution < 1.29 is 39.1 Å². The summed E-state index contributed by atoms with van der Waals surface area (Å²) in [4.78, 5) is 24.6. The normalized spacial score (nSPS) is 17.7. The van der Waals surface area contributed by atoms with Gasteiger partial charge in [0.25, 0.3) is 0 Å². The summed E-state index contributed by atoms with van der Waals surface area (Å²) in [5.74, 6) is -3.91. The highest BCUT2D eigenvalue weighted by Gasteiger charge is 2.42. The maximum absolute atomic E-state index is 12.6. The van der Waals surface area contributed by atoms with E-state index in [1.165, 1.54) is 51.7 Å². The first-order valence-corrected chi connectivity index (χ1v) is 8.62. The van der Waals surface area contributed by atoms with Gasteiger partial charge < -0.3 is 29.5 Å². The third-order valence-corrected chi connectivity index (χ3v) is 4.96. The van der Waals surface area contributed by atoms with E-state index in [-0.39, 0.29) is 28.6 Å². The lowest BCUT2D eigenvalue weighted by Crippen LogP contribution is -2.32. The first-order valence-electron chi connectivity index (χ1n) is 8.62. The molecule has 1 aliphatic carbocycles. The first-order chi connectivity index (χ1) is 13.8. The molecule has 2 aromatic carbocycles. The van der Waals surface area contributed by atoms with E-state index in [9.17, 15) is 24.9 Å². The highest BCUT2D eigenvalue weighted by molar-refractivity contribution is 6.01. The third-order valence-electron chi connectivity index (χ3n) is 4.96. The number of fused-ring (bicyclic) bond motifs is 1. The van der Waals surface area contributed by atoms with Crippen LogP contribution in [0.5, 0.6) is 23.0 Å². The molecular weight excluding hydrogens is 380 g/mol. The number of carbonyl (C=O) groups excluding carboxylic acids is 1. The predicted molar refractivity (Wildman–Crippen MR) is 102 cm³/mol. The summed E-state index contributed by atoms with van der Waals surface area (Å²) in [6.45, 7) is 0. The fraction of sp³-hybridized carbons (Fsp3) is 0.238. The zero-order valence-corrected chi connectivity index (χ0v) is 16.0. The van der Waals surface area contributed by atoms with Gasteiger partial charge in [0.2, 0.25) is 0 Å². The lowest BCUT2D eigenvalue weighted by molar-refractivity contribution is -0.147. The number of carboxylic acid groups (broad SMARTS) is 1. The molecule has 3 N–H and O–H groups in total. The molecule has 0 saturated carbocycles. The molecule has 0 amide bonds. The molecule has 0 saturated heterocycles. The van der Waals surface area contributed by atoms with E-state index >= 15 is 0 Å². The minimum atomic E-state index is -1.27. The Morgan fingerprint density at radius 1 is 0.931 bits per heavy atom. The Kier molecular flexibility index (Phi) is 5.36. The Balaban J connectivity index is 2.33. The minimum Gasteiger partial charge on any atom is -0.504 e. The molecule has 2 atom stereocenters. The molecule has 8 nitrogen and oxygen atoms in total. The van der Waals surface area contributed by atoms with Gasteiger partial charge in [-0.1, -0.05) is 6.07 Å². The van der Waals surface area contributed by atoms with Crippen molar-refractivity contribution in [1.29, 1.82) is 0 Å². The first kappa shape index (κ1) is 20.1. The predicted octanol–water partition coefficient (Wildman–Crippen LogP) is 2.52. The number of hydrogen-bond acceptors (Lipinski definition) is 7. The zero-order valence-electron chi connectivity index (χ0n) is 16.0. The number of esters is 1. The molecule has 0 radical (unpaired) electrons. The van der Waals surface area contributed by atoms with E-state index in [4.69, 9.17) is 14.2 Å². The second kappa shape index (κ2) is 7.75. The van der Waals surface area contributed by atoms with E-state index in [0.717, 1.165) is 0 Å². The van der Waals surface area contributed by atoms with Crippen LogP contribution in [0.25, 0.3) is 6.08 Å². The van der Waals surface area contributed by atoms with Crippen molar-refractivity contribution >= 4 is 18.0 Å². The maximum Gasteiger partial charge on any atom is 0.332 e. The van der Waals surface area contributed by atoms with Gasteiger partial charge in [0.15, 0.2) is 23.0 Å². The van der Waals surface area contributed by atoms with Gasteiger partial charge in [-0.05, 0) is 47.0 Å². The largest absolute Gasteiger partial charge is 0.504 e. The van der Waals surface area contributed by atoms with Crippen LogP contribution in [-0.2, 0) is 14.3 Å². The molecule has 0 aliphatic heterocycles. The molecule has 8 heteroatoms. The van der Waals surface area contributed by atoms with Crippen molar-refractivity contribution in [3.8, 4) is 23.0 Å². The van der Waals surface area contributed by atoms with E-state index in [1.807, 2.05) is 0 Å². The maximum atomic E-state index is 12.6. The van der Waals surface area contributed by atoms with E-state index < -0.39 is 23.8 Å². The second-order valence-electron chi connectivity index (χ2n) is 6.47. The van der Waals surface area contributed by atoms with Crippen molar-refractivity contribution in [3.63, 3.8) is 0 Å². The summed E-state index contributed by atoms with van der Waals surface area (Å²) >= 11 is 0. The average Bonchev–Trinajstić information content (AvgIpc) is 2.71. The fourth-order valence-electron chi connectivity index (χ4n) is 3.62. The molecule has 2 aromatic rings. The number of carboxylic acids is 1. The summed E-state index contributed by atoms with van der Waals surface area (Å²) in [6.07, 6.45) is 1.37. The lowest BCUT2D eigenvalue weighted by Gasteiger charge is -2.32. The summed E-state index contributed by atoms with van der Waals surface area (Å²) in [5, 5.41) is 30.0. The van der Waals surface area contributed by atoms with Gasteiger partial charge in [-0.2, -0.15) is 0 Å². The van der Waals surface area contributed by atoms with Crippen LogP contribution in [0.4, 0.5) is 0 Å². The average molecular weight is 400 g/mol. The van der Waals surface area contributed by atoms with Crippen LogP contribution in [-0.4, -0.2) is 48.6 Å². The zero-order chi connectivity index (χ0) is 21.3. The SMILES string of the molecule is COC(=O)[C@H]1C(C(=O)O)=Cc2cc(OC)c(O)cc2[C@@H]1c1ccc(O)c(OC)c1. The number of benzene rings is 2. The number of phenols is 2. The Morgan fingerprint density at radius 3 is 2.17 bits per heavy atom. The third kappa shape index (κ3) is 3.44. The molecule has 0 bridgehead atoms. The minimum absolute atomic E-state index is 0.103. The van der Waals surface area contributed by atoms with Gasteiger partial charge in [-0.3, -0.25) is 4.79 Å². The molecule has 0 heterocycles. The quantitative estimate of drug-likeness (QED) is 0.655. The lowest BCUT2D eigenvalue weighted by atomic mass is 9.71. The molecule has 1 aliphatic rings. The molecule has 3 rings (SSSR count). The Bertz CT molecular complexity index is 1010. The van der Waals surface area contributed by atoms with Crippen LogP contribution < -0.4 is 9.47 Å². The van der Waals surface area contributed by atoms with E-state index in [1.54, 1.807) is 6.07 Å². The number of phenolic OH excluding ortho intramolecular Hbond substituents is 2. The van der Waals surface area contributed by atoms with E-state index in [0.29, 0.717) is 16.7 Å².